The molecule has 32 heavy (non-hydrogen) atoms. The number of ether oxygens (including phenoxy) is 2. The lowest BCUT2D eigenvalue weighted by Gasteiger charge is -2.75. The van der Waals surface area contributed by atoms with Gasteiger partial charge in [-0.25, -0.2) is 0 Å². The van der Waals surface area contributed by atoms with Crippen LogP contribution in [0.2, 0.25) is 0 Å². The van der Waals surface area contributed by atoms with E-state index in [0.717, 1.165) is 11.1 Å². The van der Waals surface area contributed by atoms with E-state index in [4.69, 9.17) is 9.47 Å². The highest BCUT2D eigenvalue weighted by atomic mass is 16.5. The van der Waals surface area contributed by atoms with Gasteiger partial charge in [0.1, 0.15) is 11.2 Å². The third-order valence-electron chi connectivity index (χ3n) is 7.61. The molecule has 0 saturated heterocycles. The fraction of sp³-hybridized carbons (Fsp3) is 0.429. The maximum Gasteiger partial charge on any atom is 0.106 e. The van der Waals surface area contributed by atoms with E-state index in [-0.39, 0.29) is 26.1 Å². The van der Waals surface area contributed by atoms with Crippen molar-refractivity contribution in [1.29, 1.82) is 0 Å². The summed E-state index contributed by atoms with van der Waals surface area (Å²) in [7, 11) is 0. The molecule has 4 nitrogen and oxygen atoms in total. The van der Waals surface area contributed by atoms with Crippen LogP contribution in [0, 0.1) is 10.8 Å². The Balaban J connectivity index is 1.84. The maximum atomic E-state index is 11.8. The van der Waals surface area contributed by atoms with Gasteiger partial charge < -0.3 is 19.7 Å². The number of hydrogen-bond donors (Lipinski definition) is 2. The van der Waals surface area contributed by atoms with Crippen LogP contribution in [0.4, 0.5) is 0 Å². The second-order valence-corrected chi connectivity index (χ2v) is 9.33. The van der Waals surface area contributed by atoms with Gasteiger partial charge in [-0.2, -0.15) is 0 Å². The average molecular weight is 437 g/mol. The van der Waals surface area contributed by atoms with E-state index in [1.807, 2.05) is 74.5 Å². The first-order chi connectivity index (χ1) is 15.3. The topological polar surface area (TPSA) is 58.9 Å². The second kappa shape index (κ2) is 9.72. The van der Waals surface area contributed by atoms with Crippen molar-refractivity contribution in [2.24, 2.45) is 10.8 Å². The zero-order chi connectivity index (χ0) is 23.3. The molecule has 4 atom stereocenters. The van der Waals surface area contributed by atoms with Crippen molar-refractivity contribution in [3.8, 4) is 0 Å². The minimum atomic E-state index is -1.42. The Morgan fingerprint density at radius 3 is 1.34 bits per heavy atom. The van der Waals surface area contributed by atoms with E-state index in [0.29, 0.717) is 13.2 Å². The lowest BCUT2D eigenvalue weighted by Crippen LogP contribution is -2.87. The summed E-state index contributed by atoms with van der Waals surface area (Å²) in [6, 6.07) is 19.9. The van der Waals surface area contributed by atoms with Crippen LogP contribution in [0.15, 0.2) is 86.0 Å². The first-order valence-electron chi connectivity index (χ1n) is 11.2. The van der Waals surface area contributed by atoms with Crippen LogP contribution >= 0.6 is 0 Å². The van der Waals surface area contributed by atoms with Gasteiger partial charge in [-0.3, -0.25) is 0 Å². The van der Waals surface area contributed by atoms with E-state index >= 15 is 0 Å². The van der Waals surface area contributed by atoms with E-state index in [1.54, 1.807) is 12.2 Å². The van der Waals surface area contributed by atoms with E-state index < -0.39 is 22.0 Å². The van der Waals surface area contributed by atoms with Crippen molar-refractivity contribution in [3.63, 3.8) is 0 Å². The first-order valence-corrected chi connectivity index (χ1v) is 11.2. The monoisotopic (exact) mass is 436 g/mol. The summed E-state index contributed by atoms with van der Waals surface area (Å²) in [4.78, 5) is 0. The van der Waals surface area contributed by atoms with Gasteiger partial charge in [0.2, 0.25) is 0 Å². The van der Waals surface area contributed by atoms with Gasteiger partial charge in [-0.1, -0.05) is 86.7 Å². The molecule has 0 heterocycles. The molecule has 0 unspecified atom stereocenters. The van der Waals surface area contributed by atoms with Gasteiger partial charge in [0.05, 0.1) is 26.4 Å². The van der Waals surface area contributed by atoms with Crippen LogP contribution in [0.5, 0.6) is 0 Å². The molecule has 4 heteroatoms. The second-order valence-electron chi connectivity index (χ2n) is 9.33. The van der Waals surface area contributed by atoms with Crippen LogP contribution in [0.1, 0.15) is 37.8 Å². The van der Waals surface area contributed by atoms with Crippen molar-refractivity contribution in [3.05, 3.63) is 97.1 Å². The van der Waals surface area contributed by atoms with Crippen LogP contribution in [0.25, 0.3) is 0 Å². The average Bonchev–Trinajstić information content (AvgIpc) is 2.80. The van der Waals surface area contributed by atoms with Crippen LogP contribution in [0.3, 0.4) is 0 Å². The molecule has 172 valence electrons. The zero-order valence-electron chi connectivity index (χ0n) is 19.3. The molecule has 2 N–H and O–H groups in total. The van der Waals surface area contributed by atoms with Crippen molar-refractivity contribution in [2.45, 2.75) is 51.1 Å². The molecule has 3 rings (SSSR count). The van der Waals surface area contributed by atoms with Crippen LogP contribution < -0.4 is 0 Å². The predicted molar refractivity (Wildman–Crippen MR) is 128 cm³/mol. The highest BCUT2D eigenvalue weighted by molar-refractivity contribution is 5.33. The van der Waals surface area contributed by atoms with Crippen molar-refractivity contribution in [2.75, 3.05) is 13.2 Å². The summed E-state index contributed by atoms with van der Waals surface area (Å²) in [5, 5.41) is 23.6. The van der Waals surface area contributed by atoms with E-state index in [1.165, 1.54) is 0 Å². The molecule has 2 aromatic carbocycles. The van der Waals surface area contributed by atoms with Crippen molar-refractivity contribution in [1.82, 2.24) is 0 Å². The molecule has 0 aliphatic heterocycles. The molecule has 0 aromatic heterocycles. The summed E-state index contributed by atoms with van der Waals surface area (Å²) in [6.45, 7) is 13.0. The minimum absolute atomic E-state index is 0.247. The SMILES string of the molecule is C=CC[C@@]1(O)[C@](C)(COCc2ccccc2)[C@](C)(COCc2ccccc2)[C@@]1(O)CC=C. The van der Waals surface area contributed by atoms with Crippen LogP contribution in [-0.4, -0.2) is 34.6 Å². The fourth-order valence-electron chi connectivity index (χ4n) is 5.42. The minimum Gasteiger partial charge on any atom is -0.386 e. The highest BCUT2D eigenvalue weighted by Crippen LogP contribution is 2.71. The van der Waals surface area contributed by atoms with Crippen molar-refractivity contribution < 1.29 is 19.7 Å². The summed E-state index contributed by atoms with van der Waals surface area (Å²) in [5.74, 6) is 0. The number of aliphatic hydroxyl groups is 2. The maximum absolute atomic E-state index is 11.8. The summed E-state index contributed by atoms with van der Waals surface area (Å²) in [5.41, 5.74) is -2.25. The molecule has 1 aliphatic carbocycles. The summed E-state index contributed by atoms with van der Waals surface area (Å²) in [6.07, 6.45) is 3.81. The predicted octanol–water partition coefficient (Wildman–Crippen LogP) is 5.06. The van der Waals surface area contributed by atoms with Gasteiger partial charge in [0.15, 0.2) is 0 Å². The van der Waals surface area contributed by atoms with E-state index in [9.17, 15) is 10.2 Å². The molecule has 0 spiro atoms. The fourth-order valence-corrected chi connectivity index (χ4v) is 5.42. The van der Waals surface area contributed by atoms with Gasteiger partial charge in [-0.05, 0) is 24.0 Å². The highest BCUT2D eigenvalue weighted by Gasteiger charge is 2.82. The van der Waals surface area contributed by atoms with E-state index in [2.05, 4.69) is 13.2 Å². The Labute approximate surface area is 192 Å². The zero-order valence-corrected chi connectivity index (χ0v) is 19.3. The first kappa shape index (κ1) is 24.4. The lowest BCUT2D eigenvalue weighted by molar-refractivity contribution is -0.406. The Bertz CT molecular complexity index is 823. The third kappa shape index (κ3) is 3.86. The normalized spacial score (nSPS) is 31.6. The molecule has 1 fully saturated rings. The quantitative estimate of drug-likeness (QED) is 0.457. The largest absolute Gasteiger partial charge is 0.386 e. The number of hydrogen-bond acceptors (Lipinski definition) is 4. The van der Waals surface area contributed by atoms with Crippen molar-refractivity contribution >= 4 is 0 Å². The Morgan fingerprint density at radius 2 is 1.03 bits per heavy atom. The summed E-state index contributed by atoms with van der Waals surface area (Å²) >= 11 is 0. The molecule has 0 amide bonds. The molecular weight excluding hydrogens is 400 g/mol. The van der Waals surface area contributed by atoms with Gasteiger partial charge in [0.25, 0.3) is 0 Å². The van der Waals surface area contributed by atoms with Gasteiger partial charge in [0, 0.05) is 10.8 Å². The Hall–Kier alpha value is -2.24. The Kier molecular flexibility index (Phi) is 7.41. The smallest absolute Gasteiger partial charge is 0.106 e. The lowest BCUT2D eigenvalue weighted by atomic mass is 9.33. The van der Waals surface area contributed by atoms with Crippen LogP contribution in [-0.2, 0) is 22.7 Å². The molecule has 0 radical (unpaired) electrons. The number of rotatable bonds is 12. The molecule has 1 saturated carbocycles. The molecule has 0 bridgehead atoms. The molecular formula is C28H36O4. The Morgan fingerprint density at radius 1 is 0.688 bits per heavy atom. The summed E-state index contributed by atoms with van der Waals surface area (Å²) < 4.78 is 12.2. The van der Waals surface area contributed by atoms with Gasteiger partial charge >= 0.3 is 0 Å². The standard InChI is InChI=1S/C28H36O4/c1-5-17-27(29)25(3,21-31-19-23-13-9-7-10-14-23)26(4,28(27,30)18-6-2)22-32-20-24-15-11-8-12-16-24/h5-16,29-30H,1-2,17-22H2,3-4H3/t25-,26+,27-,28+. The molecule has 2 aromatic rings. The van der Waals surface area contributed by atoms with Gasteiger partial charge in [-0.15, -0.1) is 13.2 Å². The number of benzene rings is 2. The third-order valence-corrected chi connectivity index (χ3v) is 7.61. The molecule has 1 aliphatic rings.